The van der Waals surface area contributed by atoms with Gasteiger partial charge in [0.25, 0.3) is 0 Å². The zero-order valence-corrected chi connectivity index (χ0v) is 12.4. The van der Waals surface area contributed by atoms with Crippen LogP contribution < -0.4 is 5.32 Å². The van der Waals surface area contributed by atoms with E-state index in [-0.39, 0.29) is 5.54 Å². The van der Waals surface area contributed by atoms with Gasteiger partial charge in [-0.25, -0.2) is 0 Å². The summed E-state index contributed by atoms with van der Waals surface area (Å²) in [5.74, 6) is 0. The van der Waals surface area contributed by atoms with Crippen molar-refractivity contribution in [3.63, 3.8) is 0 Å². The fourth-order valence-electron chi connectivity index (χ4n) is 3.45. The highest BCUT2D eigenvalue weighted by Gasteiger charge is 2.48. The highest BCUT2D eigenvalue weighted by molar-refractivity contribution is 5.20. The number of hydrogen-bond donors (Lipinski definition) is 1. The maximum atomic E-state index is 3.68. The van der Waals surface area contributed by atoms with Crippen molar-refractivity contribution >= 4 is 0 Å². The van der Waals surface area contributed by atoms with Gasteiger partial charge >= 0.3 is 0 Å². The predicted octanol–water partition coefficient (Wildman–Crippen LogP) is 3.21. The molecule has 1 unspecified atom stereocenters. The van der Waals surface area contributed by atoms with Crippen molar-refractivity contribution in [3.8, 4) is 0 Å². The van der Waals surface area contributed by atoms with Crippen molar-refractivity contribution < 1.29 is 0 Å². The molecule has 0 radical (unpaired) electrons. The summed E-state index contributed by atoms with van der Waals surface area (Å²) in [5.41, 5.74) is 2.23. The number of nitrogens with one attached hydrogen (secondary N) is 1. The molecule has 1 aliphatic heterocycles. The van der Waals surface area contributed by atoms with Crippen LogP contribution in [0.5, 0.6) is 0 Å². The highest BCUT2D eigenvalue weighted by atomic mass is 15.3. The van der Waals surface area contributed by atoms with Crippen LogP contribution in [0.3, 0.4) is 0 Å². The van der Waals surface area contributed by atoms with Crippen molar-refractivity contribution in [1.82, 2.24) is 10.2 Å². The molecule has 1 atom stereocenters. The minimum absolute atomic E-state index is 0.224. The lowest BCUT2D eigenvalue weighted by Gasteiger charge is -2.42. The van der Waals surface area contributed by atoms with E-state index in [0.29, 0.717) is 11.5 Å². The van der Waals surface area contributed by atoms with Gasteiger partial charge < -0.3 is 5.32 Å². The summed E-state index contributed by atoms with van der Waals surface area (Å²) < 4.78 is 0. The number of hydrogen-bond acceptors (Lipinski definition) is 2. The average Bonchev–Trinajstić information content (AvgIpc) is 3.17. The van der Waals surface area contributed by atoms with Crippen LogP contribution in [0.2, 0.25) is 0 Å². The summed E-state index contributed by atoms with van der Waals surface area (Å²) in [7, 11) is 0. The first kappa shape index (κ1) is 13.1. The molecule has 2 fully saturated rings. The SMILES string of the molecule is CC(c1ccccc1)N1CC2(CC2)CNCC1(C)C. The molecule has 104 valence electrons. The first-order valence-electron chi connectivity index (χ1n) is 7.55. The molecule has 2 nitrogen and oxygen atoms in total. The first-order chi connectivity index (χ1) is 9.03. The van der Waals surface area contributed by atoms with Gasteiger partial charge in [-0.05, 0) is 44.6 Å². The molecule has 2 aliphatic rings. The van der Waals surface area contributed by atoms with Gasteiger partial charge in [-0.3, -0.25) is 4.90 Å². The van der Waals surface area contributed by atoms with Gasteiger partial charge in [-0.1, -0.05) is 30.3 Å². The third-order valence-electron chi connectivity index (χ3n) is 5.05. The van der Waals surface area contributed by atoms with Gasteiger partial charge in [0.2, 0.25) is 0 Å². The third kappa shape index (κ3) is 2.56. The van der Waals surface area contributed by atoms with E-state index in [1.165, 1.54) is 31.5 Å². The Hall–Kier alpha value is -0.860. The van der Waals surface area contributed by atoms with E-state index in [9.17, 15) is 0 Å². The lowest BCUT2D eigenvalue weighted by atomic mass is 9.95. The van der Waals surface area contributed by atoms with Gasteiger partial charge in [-0.15, -0.1) is 0 Å². The minimum atomic E-state index is 0.224. The van der Waals surface area contributed by atoms with E-state index in [1.54, 1.807) is 0 Å². The zero-order valence-electron chi connectivity index (χ0n) is 12.4. The Bertz CT molecular complexity index is 434. The summed E-state index contributed by atoms with van der Waals surface area (Å²) in [4.78, 5) is 2.72. The molecule has 1 aromatic carbocycles. The summed E-state index contributed by atoms with van der Waals surface area (Å²) in [5, 5.41) is 3.68. The largest absolute Gasteiger partial charge is 0.314 e. The van der Waals surface area contributed by atoms with Gasteiger partial charge in [0.1, 0.15) is 0 Å². The van der Waals surface area contributed by atoms with Crippen molar-refractivity contribution in [2.75, 3.05) is 19.6 Å². The Labute approximate surface area is 117 Å². The molecule has 0 amide bonds. The Morgan fingerprint density at radius 3 is 2.42 bits per heavy atom. The molecule has 1 N–H and O–H groups in total. The molecule has 1 heterocycles. The lowest BCUT2D eigenvalue weighted by Crippen LogP contribution is -2.50. The van der Waals surface area contributed by atoms with Crippen LogP contribution in [0.4, 0.5) is 0 Å². The number of nitrogens with zero attached hydrogens (tertiary/aromatic N) is 1. The topological polar surface area (TPSA) is 15.3 Å². The molecule has 3 rings (SSSR count). The smallest absolute Gasteiger partial charge is 0.0325 e. The molecule has 1 saturated heterocycles. The van der Waals surface area contributed by atoms with Crippen molar-refractivity contribution in [2.45, 2.75) is 45.2 Å². The van der Waals surface area contributed by atoms with Gasteiger partial charge in [0.05, 0.1) is 0 Å². The standard InChI is InChI=1S/C17H26N2/c1-14(15-7-5-4-6-8-15)19-13-17(9-10-17)12-18-11-16(19,2)3/h4-8,14,18H,9-13H2,1-3H3. The molecule has 1 saturated carbocycles. The van der Waals surface area contributed by atoms with E-state index < -0.39 is 0 Å². The first-order valence-corrected chi connectivity index (χ1v) is 7.55. The molecule has 1 spiro atoms. The normalized spacial score (nSPS) is 26.9. The fraction of sp³-hybridized carbons (Fsp3) is 0.647. The fourth-order valence-corrected chi connectivity index (χ4v) is 3.45. The number of benzene rings is 1. The van der Waals surface area contributed by atoms with Gasteiger partial charge in [0.15, 0.2) is 0 Å². The summed E-state index contributed by atoms with van der Waals surface area (Å²) in [6.45, 7) is 10.6. The zero-order chi connectivity index (χ0) is 13.5. The molecule has 0 aromatic heterocycles. The second kappa shape index (κ2) is 4.60. The van der Waals surface area contributed by atoms with E-state index in [2.05, 4.69) is 61.3 Å². The average molecular weight is 258 g/mol. The van der Waals surface area contributed by atoms with Crippen molar-refractivity contribution in [2.24, 2.45) is 5.41 Å². The molecule has 2 heteroatoms. The lowest BCUT2D eigenvalue weighted by molar-refractivity contribution is 0.0720. The highest BCUT2D eigenvalue weighted by Crippen LogP contribution is 2.49. The maximum absolute atomic E-state index is 3.68. The molecular weight excluding hydrogens is 232 g/mol. The molecule has 19 heavy (non-hydrogen) atoms. The Balaban J connectivity index is 1.87. The second-order valence-corrected chi connectivity index (χ2v) is 7.13. The third-order valence-corrected chi connectivity index (χ3v) is 5.05. The van der Waals surface area contributed by atoms with Gasteiger partial charge in [0, 0.05) is 31.2 Å². The van der Waals surface area contributed by atoms with E-state index >= 15 is 0 Å². The Morgan fingerprint density at radius 1 is 1.11 bits per heavy atom. The maximum Gasteiger partial charge on any atom is 0.0325 e. The van der Waals surface area contributed by atoms with E-state index in [0.717, 1.165) is 6.54 Å². The molecule has 1 aliphatic carbocycles. The van der Waals surface area contributed by atoms with E-state index in [4.69, 9.17) is 0 Å². The Kier molecular flexibility index (Phi) is 3.18. The predicted molar refractivity (Wildman–Crippen MR) is 80.2 cm³/mol. The van der Waals surface area contributed by atoms with Crippen LogP contribution in [0.25, 0.3) is 0 Å². The van der Waals surface area contributed by atoms with Crippen LogP contribution in [-0.2, 0) is 0 Å². The Morgan fingerprint density at radius 2 is 1.79 bits per heavy atom. The molecular formula is C17H26N2. The van der Waals surface area contributed by atoms with Crippen molar-refractivity contribution in [3.05, 3.63) is 35.9 Å². The minimum Gasteiger partial charge on any atom is -0.314 e. The quantitative estimate of drug-likeness (QED) is 0.876. The van der Waals surface area contributed by atoms with Crippen LogP contribution in [0, 0.1) is 5.41 Å². The second-order valence-electron chi connectivity index (χ2n) is 7.13. The van der Waals surface area contributed by atoms with Crippen LogP contribution in [0.1, 0.15) is 45.2 Å². The number of rotatable bonds is 2. The summed E-state index contributed by atoms with van der Waals surface area (Å²) in [6, 6.07) is 11.4. The summed E-state index contributed by atoms with van der Waals surface area (Å²) >= 11 is 0. The summed E-state index contributed by atoms with van der Waals surface area (Å²) in [6.07, 6.45) is 2.79. The van der Waals surface area contributed by atoms with Crippen LogP contribution in [0.15, 0.2) is 30.3 Å². The monoisotopic (exact) mass is 258 g/mol. The molecule has 1 aromatic rings. The van der Waals surface area contributed by atoms with E-state index in [1.807, 2.05) is 0 Å². The van der Waals surface area contributed by atoms with Gasteiger partial charge in [-0.2, -0.15) is 0 Å². The van der Waals surface area contributed by atoms with Crippen LogP contribution in [-0.4, -0.2) is 30.1 Å². The van der Waals surface area contributed by atoms with Crippen LogP contribution >= 0.6 is 0 Å². The van der Waals surface area contributed by atoms with Crippen molar-refractivity contribution in [1.29, 1.82) is 0 Å². The molecule has 0 bridgehead atoms.